The molecule has 0 aliphatic rings. The first kappa shape index (κ1) is 11.5. The molecule has 0 rings (SSSR count). The van der Waals surface area contributed by atoms with Gasteiger partial charge in [-0.15, -0.1) is 11.6 Å². The molecule has 1 unspecified atom stereocenters. The zero-order valence-corrected chi connectivity index (χ0v) is 8.15. The fourth-order valence-corrected chi connectivity index (χ4v) is 0.822. The van der Waals surface area contributed by atoms with Gasteiger partial charge in [-0.2, -0.15) is 0 Å². The Hall–Kier alpha value is -0.480. The Morgan fingerprint density at radius 2 is 2.33 bits per heavy atom. The second kappa shape index (κ2) is 7.18. The predicted molar refractivity (Wildman–Crippen MR) is 48.6 cm³/mol. The number of ether oxygens (including phenoxy) is 1. The quantitative estimate of drug-likeness (QED) is 0.629. The summed E-state index contributed by atoms with van der Waals surface area (Å²) < 4.78 is 4.84. The first-order chi connectivity index (χ1) is 5.70. The number of carbonyl (C=O) groups is 1. The van der Waals surface area contributed by atoms with Crippen LogP contribution < -0.4 is 10.6 Å². The molecule has 0 aliphatic carbocycles. The van der Waals surface area contributed by atoms with Crippen LogP contribution in [-0.4, -0.2) is 38.2 Å². The summed E-state index contributed by atoms with van der Waals surface area (Å²) in [6, 6.07) is -0.189. The fourth-order valence-electron chi connectivity index (χ4n) is 0.727. The van der Waals surface area contributed by atoms with Gasteiger partial charge in [0.1, 0.15) is 0 Å². The number of alkyl halides is 1. The van der Waals surface area contributed by atoms with E-state index >= 15 is 0 Å². The molecule has 72 valence electrons. The minimum atomic E-state index is -0.208. The third-order valence-corrected chi connectivity index (χ3v) is 1.36. The molecule has 12 heavy (non-hydrogen) atoms. The Balaban J connectivity index is 3.40. The molecular formula is C7H15ClN2O2. The number of urea groups is 1. The molecule has 4 nitrogen and oxygen atoms in total. The minimum absolute atomic E-state index is 0.0188. The van der Waals surface area contributed by atoms with Gasteiger partial charge < -0.3 is 15.4 Å². The molecule has 0 fully saturated rings. The van der Waals surface area contributed by atoms with Gasteiger partial charge in [0.2, 0.25) is 0 Å². The highest BCUT2D eigenvalue weighted by Gasteiger charge is 2.04. The van der Waals surface area contributed by atoms with E-state index in [1.54, 1.807) is 7.11 Å². The lowest BCUT2D eigenvalue weighted by molar-refractivity contribution is 0.171. The average Bonchev–Trinajstić information content (AvgIpc) is 2.01. The van der Waals surface area contributed by atoms with Crippen molar-refractivity contribution in [1.82, 2.24) is 10.6 Å². The summed E-state index contributed by atoms with van der Waals surface area (Å²) in [4.78, 5) is 11.0. The summed E-state index contributed by atoms with van der Waals surface area (Å²) in [5, 5.41) is 5.27. The van der Waals surface area contributed by atoms with Gasteiger partial charge in [-0.3, -0.25) is 0 Å². The highest BCUT2D eigenvalue weighted by molar-refractivity contribution is 6.18. The van der Waals surface area contributed by atoms with Gasteiger partial charge >= 0.3 is 6.03 Å². The third kappa shape index (κ3) is 6.24. The Kier molecular flexibility index (Phi) is 6.90. The van der Waals surface area contributed by atoms with Gasteiger partial charge in [0.05, 0.1) is 12.6 Å². The molecule has 0 aromatic carbocycles. The zero-order chi connectivity index (χ0) is 9.40. The number of hydrogen-bond acceptors (Lipinski definition) is 2. The van der Waals surface area contributed by atoms with Crippen LogP contribution in [0.5, 0.6) is 0 Å². The van der Waals surface area contributed by atoms with Gasteiger partial charge in [0.25, 0.3) is 0 Å². The Bertz CT molecular complexity index is 133. The van der Waals surface area contributed by atoms with E-state index in [1.165, 1.54) is 0 Å². The molecular weight excluding hydrogens is 180 g/mol. The van der Waals surface area contributed by atoms with Gasteiger partial charge in [0, 0.05) is 19.5 Å². The number of rotatable bonds is 5. The van der Waals surface area contributed by atoms with Gasteiger partial charge in [-0.25, -0.2) is 4.79 Å². The number of halogens is 1. The fraction of sp³-hybridized carbons (Fsp3) is 0.857. The Morgan fingerprint density at radius 3 is 2.83 bits per heavy atom. The van der Waals surface area contributed by atoms with Crippen LogP contribution >= 0.6 is 11.6 Å². The second-order valence-electron chi connectivity index (χ2n) is 2.45. The van der Waals surface area contributed by atoms with Crippen LogP contribution in [0.25, 0.3) is 0 Å². The molecule has 0 radical (unpaired) electrons. The molecule has 5 heteroatoms. The van der Waals surface area contributed by atoms with Gasteiger partial charge in [-0.1, -0.05) is 0 Å². The minimum Gasteiger partial charge on any atom is -0.383 e. The monoisotopic (exact) mass is 194 g/mol. The van der Waals surface area contributed by atoms with E-state index in [0.29, 0.717) is 19.0 Å². The second-order valence-corrected chi connectivity index (χ2v) is 2.82. The summed E-state index contributed by atoms with van der Waals surface area (Å²) in [6.45, 7) is 2.85. The van der Waals surface area contributed by atoms with Crippen LogP contribution in [0.3, 0.4) is 0 Å². The van der Waals surface area contributed by atoms with Crippen molar-refractivity contribution in [3.8, 4) is 0 Å². The summed E-state index contributed by atoms with van der Waals surface area (Å²) in [5.41, 5.74) is 0. The van der Waals surface area contributed by atoms with Crippen molar-refractivity contribution >= 4 is 17.6 Å². The maximum Gasteiger partial charge on any atom is 0.315 e. The Labute approximate surface area is 77.6 Å². The van der Waals surface area contributed by atoms with E-state index in [-0.39, 0.29) is 12.1 Å². The topological polar surface area (TPSA) is 50.4 Å². The average molecular weight is 195 g/mol. The molecule has 2 N–H and O–H groups in total. The SMILES string of the molecule is COCC(C)NC(=O)NCCCl. The first-order valence-electron chi connectivity index (χ1n) is 3.80. The summed E-state index contributed by atoms with van der Waals surface area (Å²) in [5.74, 6) is 0.423. The lowest BCUT2D eigenvalue weighted by Gasteiger charge is -2.12. The zero-order valence-electron chi connectivity index (χ0n) is 7.39. The molecule has 0 aromatic rings. The molecule has 0 aromatic heterocycles. The molecule has 2 amide bonds. The van der Waals surface area contributed by atoms with Crippen molar-refractivity contribution in [1.29, 1.82) is 0 Å². The molecule has 0 bridgehead atoms. The van der Waals surface area contributed by atoms with Crippen LogP contribution in [0.4, 0.5) is 4.79 Å². The number of amides is 2. The van der Waals surface area contributed by atoms with Crippen molar-refractivity contribution in [2.45, 2.75) is 13.0 Å². The van der Waals surface area contributed by atoms with E-state index in [1.807, 2.05) is 6.92 Å². The third-order valence-electron chi connectivity index (χ3n) is 1.17. The highest BCUT2D eigenvalue weighted by atomic mass is 35.5. The molecule has 1 atom stereocenters. The number of carbonyl (C=O) groups excluding carboxylic acids is 1. The van der Waals surface area contributed by atoms with Crippen LogP contribution in [0.2, 0.25) is 0 Å². The van der Waals surface area contributed by atoms with E-state index in [4.69, 9.17) is 16.3 Å². The first-order valence-corrected chi connectivity index (χ1v) is 4.33. The van der Waals surface area contributed by atoms with Crippen LogP contribution in [0, 0.1) is 0 Å². The summed E-state index contributed by atoms with van der Waals surface area (Å²) in [6.07, 6.45) is 0. The number of nitrogens with one attached hydrogen (secondary N) is 2. The molecule has 0 spiro atoms. The van der Waals surface area contributed by atoms with Crippen LogP contribution in [0.15, 0.2) is 0 Å². The number of hydrogen-bond donors (Lipinski definition) is 2. The van der Waals surface area contributed by atoms with Crippen molar-refractivity contribution in [3.63, 3.8) is 0 Å². The van der Waals surface area contributed by atoms with E-state index < -0.39 is 0 Å². The Morgan fingerprint density at radius 1 is 1.67 bits per heavy atom. The number of methoxy groups -OCH3 is 1. The van der Waals surface area contributed by atoms with Gasteiger partial charge in [0.15, 0.2) is 0 Å². The van der Waals surface area contributed by atoms with Crippen molar-refractivity contribution in [2.24, 2.45) is 0 Å². The van der Waals surface area contributed by atoms with Crippen LogP contribution in [-0.2, 0) is 4.74 Å². The predicted octanol–water partition coefficient (Wildman–Crippen LogP) is 0.559. The maximum absolute atomic E-state index is 11.0. The molecule has 0 aliphatic heterocycles. The lowest BCUT2D eigenvalue weighted by Crippen LogP contribution is -2.43. The normalized spacial score (nSPS) is 12.2. The molecule has 0 saturated heterocycles. The van der Waals surface area contributed by atoms with E-state index in [0.717, 1.165) is 0 Å². The standard InChI is InChI=1S/C7H15ClN2O2/c1-6(5-12-2)10-7(11)9-4-3-8/h6H,3-5H2,1-2H3,(H2,9,10,11). The lowest BCUT2D eigenvalue weighted by atomic mass is 10.4. The van der Waals surface area contributed by atoms with Crippen molar-refractivity contribution in [3.05, 3.63) is 0 Å². The van der Waals surface area contributed by atoms with Crippen molar-refractivity contribution in [2.75, 3.05) is 26.1 Å². The summed E-state index contributed by atoms with van der Waals surface area (Å²) >= 11 is 5.38. The molecule has 0 saturated carbocycles. The van der Waals surface area contributed by atoms with Crippen molar-refractivity contribution < 1.29 is 9.53 Å². The summed E-state index contributed by atoms with van der Waals surface area (Å²) in [7, 11) is 1.59. The largest absolute Gasteiger partial charge is 0.383 e. The van der Waals surface area contributed by atoms with E-state index in [2.05, 4.69) is 10.6 Å². The molecule has 0 heterocycles. The van der Waals surface area contributed by atoms with Crippen LogP contribution in [0.1, 0.15) is 6.92 Å². The van der Waals surface area contributed by atoms with E-state index in [9.17, 15) is 4.79 Å². The van der Waals surface area contributed by atoms with Gasteiger partial charge in [-0.05, 0) is 6.92 Å². The maximum atomic E-state index is 11.0. The smallest absolute Gasteiger partial charge is 0.315 e. The highest BCUT2D eigenvalue weighted by Crippen LogP contribution is 1.81.